The monoisotopic (exact) mass is 231 g/mol. The van der Waals surface area contributed by atoms with E-state index in [9.17, 15) is 5.11 Å². The van der Waals surface area contributed by atoms with E-state index in [1.165, 1.54) is 6.42 Å². The van der Waals surface area contributed by atoms with Gasteiger partial charge in [0.15, 0.2) is 0 Å². The zero-order valence-corrected chi connectivity index (χ0v) is 11.1. The first kappa shape index (κ1) is 13.3. The van der Waals surface area contributed by atoms with Crippen LogP contribution in [0.15, 0.2) is 0 Å². The van der Waals surface area contributed by atoms with Crippen LogP contribution in [-0.2, 0) is 0 Å². The maximum atomic E-state index is 9.37. The Balaban J connectivity index is 2.49. The van der Waals surface area contributed by atoms with Crippen molar-refractivity contribution in [2.24, 2.45) is 17.8 Å². The van der Waals surface area contributed by atoms with Gasteiger partial charge in [0.1, 0.15) is 0 Å². The highest BCUT2D eigenvalue weighted by Crippen LogP contribution is 2.26. The van der Waals surface area contributed by atoms with Gasteiger partial charge in [0.05, 0.1) is 6.61 Å². The van der Waals surface area contributed by atoms with Crippen molar-refractivity contribution in [2.45, 2.75) is 33.2 Å². The molecule has 0 aromatic carbocycles. The van der Waals surface area contributed by atoms with E-state index < -0.39 is 0 Å². The Bertz CT molecular complexity index is 186. The second-order valence-electron chi connectivity index (χ2n) is 5.20. The number of thiol groups is 1. The summed E-state index contributed by atoms with van der Waals surface area (Å²) in [7, 11) is 0. The van der Waals surface area contributed by atoms with Crippen molar-refractivity contribution >= 4 is 12.6 Å². The quantitative estimate of drug-likeness (QED) is 0.706. The van der Waals surface area contributed by atoms with Gasteiger partial charge in [-0.05, 0) is 36.5 Å². The summed E-state index contributed by atoms with van der Waals surface area (Å²) in [4.78, 5) is 2.45. The fourth-order valence-electron chi connectivity index (χ4n) is 2.39. The lowest BCUT2D eigenvalue weighted by atomic mass is 9.96. The molecular formula is C12H25NOS. The van der Waals surface area contributed by atoms with E-state index in [1.54, 1.807) is 0 Å². The number of likely N-dealkylation sites (tertiary alicyclic amines) is 1. The molecule has 0 spiro atoms. The Morgan fingerprint density at radius 3 is 2.60 bits per heavy atom. The predicted molar refractivity (Wildman–Crippen MR) is 68.4 cm³/mol. The molecule has 1 heterocycles. The van der Waals surface area contributed by atoms with Crippen LogP contribution in [0, 0.1) is 17.8 Å². The van der Waals surface area contributed by atoms with Crippen molar-refractivity contribution in [3.63, 3.8) is 0 Å². The summed E-state index contributed by atoms with van der Waals surface area (Å²) >= 11 is 4.42. The van der Waals surface area contributed by atoms with Crippen LogP contribution in [-0.4, -0.2) is 41.5 Å². The molecule has 1 rings (SSSR count). The molecule has 3 unspecified atom stereocenters. The van der Waals surface area contributed by atoms with Crippen molar-refractivity contribution in [3.05, 3.63) is 0 Å². The van der Waals surface area contributed by atoms with Crippen LogP contribution < -0.4 is 0 Å². The Morgan fingerprint density at radius 1 is 1.47 bits per heavy atom. The Labute approximate surface area is 99.5 Å². The Hall–Kier alpha value is 0.270. The van der Waals surface area contributed by atoms with Crippen molar-refractivity contribution in [3.8, 4) is 0 Å². The zero-order valence-electron chi connectivity index (χ0n) is 10.2. The number of hydrogen-bond donors (Lipinski definition) is 2. The van der Waals surface area contributed by atoms with Crippen molar-refractivity contribution < 1.29 is 5.11 Å². The third kappa shape index (κ3) is 3.36. The number of aliphatic hydroxyl groups is 1. The third-order valence-electron chi connectivity index (χ3n) is 3.83. The second-order valence-corrected chi connectivity index (χ2v) is 5.56. The standard InChI is InChI=1S/C12H25NOS/c1-9(2)11(8-15)6-13-5-4-10(3)12(13)7-14/h9-12,14-15H,4-8H2,1-3H3. The molecule has 3 atom stereocenters. The summed E-state index contributed by atoms with van der Waals surface area (Å²) in [5.74, 6) is 2.91. The molecule has 0 amide bonds. The van der Waals surface area contributed by atoms with Crippen LogP contribution in [0.2, 0.25) is 0 Å². The predicted octanol–water partition coefficient (Wildman–Crippen LogP) is 1.89. The normalized spacial score (nSPS) is 30.0. The van der Waals surface area contributed by atoms with Crippen LogP contribution >= 0.6 is 12.6 Å². The minimum absolute atomic E-state index is 0.304. The molecule has 1 aliphatic rings. The Kier molecular flexibility index (Phi) is 5.44. The molecule has 2 nitrogen and oxygen atoms in total. The van der Waals surface area contributed by atoms with E-state index in [4.69, 9.17) is 0 Å². The first-order valence-electron chi connectivity index (χ1n) is 6.05. The molecule has 1 aliphatic heterocycles. The second kappa shape index (κ2) is 6.12. The van der Waals surface area contributed by atoms with Gasteiger partial charge in [0.25, 0.3) is 0 Å². The summed E-state index contributed by atoms with van der Waals surface area (Å²) in [6.45, 7) is 9.30. The van der Waals surface area contributed by atoms with Crippen LogP contribution in [0.5, 0.6) is 0 Å². The highest BCUT2D eigenvalue weighted by molar-refractivity contribution is 7.80. The fraction of sp³-hybridized carbons (Fsp3) is 1.00. The Morgan fingerprint density at radius 2 is 2.13 bits per heavy atom. The first-order valence-corrected chi connectivity index (χ1v) is 6.69. The molecule has 1 fully saturated rings. The van der Waals surface area contributed by atoms with Crippen molar-refractivity contribution in [2.75, 3.05) is 25.4 Å². The van der Waals surface area contributed by atoms with E-state index in [0.29, 0.717) is 30.4 Å². The van der Waals surface area contributed by atoms with Gasteiger partial charge in [-0.15, -0.1) is 0 Å². The van der Waals surface area contributed by atoms with Gasteiger partial charge in [-0.3, -0.25) is 4.90 Å². The van der Waals surface area contributed by atoms with Gasteiger partial charge in [-0.2, -0.15) is 12.6 Å². The number of hydrogen-bond acceptors (Lipinski definition) is 3. The summed E-state index contributed by atoms with van der Waals surface area (Å²) in [6, 6.07) is 0.381. The molecule has 90 valence electrons. The van der Waals surface area contributed by atoms with Gasteiger partial charge < -0.3 is 5.11 Å². The lowest BCUT2D eigenvalue weighted by molar-refractivity contribution is 0.120. The van der Waals surface area contributed by atoms with Gasteiger partial charge in [-0.25, -0.2) is 0 Å². The van der Waals surface area contributed by atoms with Crippen molar-refractivity contribution in [1.82, 2.24) is 4.90 Å². The molecule has 0 aliphatic carbocycles. The molecule has 0 aromatic rings. The minimum atomic E-state index is 0.304. The molecule has 0 bridgehead atoms. The lowest BCUT2D eigenvalue weighted by Gasteiger charge is -2.30. The molecule has 0 radical (unpaired) electrons. The van der Waals surface area contributed by atoms with Gasteiger partial charge in [0.2, 0.25) is 0 Å². The SMILES string of the molecule is CC(C)C(CS)CN1CCC(C)C1CO. The third-order valence-corrected chi connectivity index (χ3v) is 4.30. The smallest absolute Gasteiger partial charge is 0.0589 e. The molecule has 1 saturated heterocycles. The van der Waals surface area contributed by atoms with E-state index in [-0.39, 0.29) is 0 Å². The minimum Gasteiger partial charge on any atom is -0.395 e. The average Bonchev–Trinajstić information content (AvgIpc) is 2.54. The van der Waals surface area contributed by atoms with Crippen LogP contribution in [0.1, 0.15) is 27.2 Å². The zero-order chi connectivity index (χ0) is 11.4. The summed E-state index contributed by atoms with van der Waals surface area (Å²) in [5.41, 5.74) is 0. The highest BCUT2D eigenvalue weighted by atomic mass is 32.1. The van der Waals surface area contributed by atoms with Gasteiger partial charge in [0, 0.05) is 12.6 Å². The number of aliphatic hydroxyl groups excluding tert-OH is 1. The average molecular weight is 231 g/mol. The molecule has 3 heteroatoms. The largest absolute Gasteiger partial charge is 0.395 e. The van der Waals surface area contributed by atoms with E-state index >= 15 is 0 Å². The van der Waals surface area contributed by atoms with Gasteiger partial charge in [-0.1, -0.05) is 20.8 Å². The maximum Gasteiger partial charge on any atom is 0.0589 e. The highest BCUT2D eigenvalue weighted by Gasteiger charge is 2.31. The topological polar surface area (TPSA) is 23.5 Å². The molecule has 0 saturated carbocycles. The maximum absolute atomic E-state index is 9.37. The van der Waals surface area contributed by atoms with E-state index in [0.717, 1.165) is 18.8 Å². The van der Waals surface area contributed by atoms with Crippen LogP contribution in [0.3, 0.4) is 0 Å². The summed E-state index contributed by atoms with van der Waals surface area (Å²) in [6.07, 6.45) is 1.22. The summed E-state index contributed by atoms with van der Waals surface area (Å²) in [5, 5.41) is 9.37. The molecule has 15 heavy (non-hydrogen) atoms. The molecule has 1 N–H and O–H groups in total. The fourth-order valence-corrected chi connectivity index (χ4v) is 2.93. The molecular weight excluding hydrogens is 206 g/mol. The number of rotatable bonds is 5. The lowest BCUT2D eigenvalue weighted by Crippen LogP contribution is -2.40. The summed E-state index contributed by atoms with van der Waals surface area (Å²) < 4.78 is 0. The van der Waals surface area contributed by atoms with E-state index in [2.05, 4.69) is 38.3 Å². The van der Waals surface area contributed by atoms with Crippen LogP contribution in [0.4, 0.5) is 0 Å². The first-order chi connectivity index (χ1) is 7.10. The van der Waals surface area contributed by atoms with E-state index in [1.807, 2.05) is 0 Å². The van der Waals surface area contributed by atoms with Gasteiger partial charge >= 0.3 is 0 Å². The van der Waals surface area contributed by atoms with Crippen molar-refractivity contribution in [1.29, 1.82) is 0 Å². The molecule has 0 aromatic heterocycles. The van der Waals surface area contributed by atoms with Crippen LogP contribution in [0.25, 0.3) is 0 Å². The number of nitrogens with zero attached hydrogens (tertiary/aromatic N) is 1.